The van der Waals surface area contributed by atoms with Crippen molar-refractivity contribution in [1.82, 2.24) is 4.72 Å². The van der Waals surface area contributed by atoms with Crippen molar-refractivity contribution in [3.8, 4) is 0 Å². The van der Waals surface area contributed by atoms with Gasteiger partial charge >= 0.3 is 5.97 Å². The highest BCUT2D eigenvalue weighted by Gasteiger charge is 2.26. The van der Waals surface area contributed by atoms with Crippen molar-refractivity contribution in [2.75, 3.05) is 6.26 Å². The molecule has 0 rings (SSSR count). The fourth-order valence-electron chi connectivity index (χ4n) is 0.876. The molecule has 0 saturated carbocycles. The van der Waals surface area contributed by atoms with Crippen LogP contribution in [-0.4, -0.2) is 31.8 Å². The van der Waals surface area contributed by atoms with Gasteiger partial charge in [0.15, 0.2) is 0 Å². The van der Waals surface area contributed by atoms with Crippen LogP contribution in [0.4, 0.5) is 0 Å². The highest BCUT2D eigenvalue weighted by atomic mass is 32.2. The van der Waals surface area contributed by atoms with Crippen molar-refractivity contribution in [2.45, 2.75) is 26.3 Å². The van der Waals surface area contributed by atoms with Gasteiger partial charge < -0.3 is 5.11 Å². The normalized spacial score (nSPS) is 16.5. The summed E-state index contributed by atoms with van der Waals surface area (Å²) in [6, 6.07) is -1.03. The molecule has 0 aliphatic rings. The van der Waals surface area contributed by atoms with Gasteiger partial charge in [0.1, 0.15) is 6.04 Å². The molecule has 13 heavy (non-hydrogen) atoms. The molecule has 2 atom stereocenters. The molecule has 0 aromatic heterocycles. The Hall–Kier alpha value is -0.620. The summed E-state index contributed by atoms with van der Waals surface area (Å²) in [5.74, 6) is -1.35. The van der Waals surface area contributed by atoms with E-state index in [9.17, 15) is 13.2 Å². The molecule has 0 aliphatic carbocycles. The fourth-order valence-corrected chi connectivity index (χ4v) is 1.67. The van der Waals surface area contributed by atoms with Crippen molar-refractivity contribution in [3.63, 3.8) is 0 Å². The maximum absolute atomic E-state index is 10.8. The molecular formula is C7H15NO4S. The van der Waals surface area contributed by atoms with Crippen LogP contribution in [0, 0.1) is 5.92 Å². The molecule has 0 heterocycles. The Bertz CT molecular complexity index is 272. The molecule has 0 spiro atoms. The van der Waals surface area contributed by atoms with Gasteiger partial charge in [0, 0.05) is 0 Å². The third kappa shape index (κ3) is 4.84. The number of hydrogen-bond acceptors (Lipinski definition) is 3. The van der Waals surface area contributed by atoms with Crippen molar-refractivity contribution < 1.29 is 18.3 Å². The van der Waals surface area contributed by atoms with Gasteiger partial charge in [-0.1, -0.05) is 20.3 Å². The maximum atomic E-state index is 10.8. The first-order valence-electron chi connectivity index (χ1n) is 3.98. The molecule has 1 unspecified atom stereocenters. The molecule has 0 aromatic rings. The van der Waals surface area contributed by atoms with Gasteiger partial charge in [-0.2, -0.15) is 0 Å². The Balaban J connectivity index is 4.54. The average molecular weight is 209 g/mol. The maximum Gasteiger partial charge on any atom is 0.322 e. The van der Waals surface area contributed by atoms with Crippen molar-refractivity contribution >= 4 is 16.0 Å². The number of nitrogens with one attached hydrogen (secondary N) is 1. The van der Waals surface area contributed by atoms with Crippen LogP contribution in [0.3, 0.4) is 0 Å². The lowest BCUT2D eigenvalue weighted by Gasteiger charge is -2.18. The van der Waals surface area contributed by atoms with E-state index in [2.05, 4.69) is 4.72 Å². The SMILES string of the molecule is CCC(C)[C@H](NS(C)(=O)=O)C(=O)O. The molecule has 0 fully saturated rings. The predicted molar refractivity (Wildman–Crippen MR) is 48.9 cm³/mol. The Kier molecular flexibility index (Phi) is 4.35. The second-order valence-corrected chi connectivity index (χ2v) is 4.87. The van der Waals surface area contributed by atoms with E-state index < -0.39 is 22.0 Å². The third-order valence-electron chi connectivity index (χ3n) is 1.82. The van der Waals surface area contributed by atoms with Crippen LogP contribution in [0.2, 0.25) is 0 Å². The second kappa shape index (κ2) is 4.57. The second-order valence-electron chi connectivity index (χ2n) is 3.09. The number of sulfonamides is 1. The van der Waals surface area contributed by atoms with Gasteiger partial charge in [-0.3, -0.25) is 4.79 Å². The molecule has 6 heteroatoms. The van der Waals surface area contributed by atoms with Crippen LogP contribution in [0.5, 0.6) is 0 Å². The van der Waals surface area contributed by atoms with E-state index in [0.29, 0.717) is 6.42 Å². The Labute approximate surface area is 78.2 Å². The zero-order valence-electron chi connectivity index (χ0n) is 7.94. The zero-order valence-corrected chi connectivity index (χ0v) is 8.76. The summed E-state index contributed by atoms with van der Waals surface area (Å²) in [5.41, 5.74) is 0. The van der Waals surface area contributed by atoms with Gasteiger partial charge in [-0.25, -0.2) is 13.1 Å². The van der Waals surface area contributed by atoms with Gasteiger partial charge in [0.25, 0.3) is 0 Å². The van der Waals surface area contributed by atoms with E-state index in [4.69, 9.17) is 5.11 Å². The summed E-state index contributed by atoms with van der Waals surface area (Å²) in [6.45, 7) is 3.50. The number of hydrogen-bond donors (Lipinski definition) is 2. The van der Waals surface area contributed by atoms with E-state index in [1.165, 1.54) is 0 Å². The largest absolute Gasteiger partial charge is 0.480 e. The number of carboxylic acids is 1. The van der Waals surface area contributed by atoms with Crippen molar-refractivity contribution in [3.05, 3.63) is 0 Å². The number of aliphatic carboxylic acids is 1. The van der Waals surface area contributed by atoms with Gasteiger partial charge in [0.05, 0.1) is 6.26 Å². The highest BCUT2D eigenvalue weighted by molar-refractivity contribution is 7.88. The predicted octanol–water partition coefficient (Wildman–Crippen LogP) is 0.0349. The Morgan fingerprint density at radius 1 is 1.54 bits per heavy atom. The van der Waals surface area contributed by atoms with Crippen LogP contribution >= 0.6 is 0 Å². The lowest BCUT2D eigenvalue weighted by atomic mass is 10.0. The van der Waals surface area contributed by atoms with Crippen LogP contribution in [-0.2, 0) is 14.8 Å². The minimum atomic E-state index is -3.45. The minimum absolute atomic E-state index is 0.216. The summed E-state index contributed by atoms with van der Waals surface area (Å²) >= 11 is 0. The number of carbonyl (C=O) groups is 1. The van der Waals surface area contributed by atoms with E-state index in [1.54, 1.807) is 6.92 Å². The number of rotatable bonds is 5. The lowest BCUT2D eigenvalue weighted by Crippen LogP contribution is -2.44. The minimum Gasteiger partial charge on any atom is -0.480 e. The summed E-state index contributed by atoms with van der Waals surface area (Å²) in [7, 11) is -3.45. The van der Waals surface area contributed by atoms with Crippen LogP contribution in [0.25, 0.3) is 0 Å². The quantitative estimate of drug-likeness (QED) is 0.669. The first kappa shape index (κ1) is 12.4. The molecule has 0 aliphatic heterocycles. The van der Waals surface area contributed by atoms with Crippen LogP contribution < -0.4 is 4.72 Å². The third-order valence-corrected chi connectivity index (χ3v) is 2.50. The van der Waals surface area contributed by atoms with Gasteiger partial charge in [-0.05, 0) is 5.92 Å². The first-order valence-corrected chi connectivity index (χ1v) is 5.87. The van der Waals surface area contributed by atoms with Crippen LogP contribution in [0.1, 0.15) is 20.3 Å². The van der Waals surface area contributed by atoms with E-state index in [0.717, 1.165) is 6.26 Å². The van der Waals surface area contributed by atoms with Gasteiger partial charge in [-0.15, -0.1) is 0 Å². The Morgan fingerprint density at radius 3 is 2.23 bits per heavy atom. The van der Waals surface area contributed by atoms with E-state index >= 15 is 0 Å². The van der Waals surface area contributed by atoms with Crippen molar-refractivity contribution in [1.29, 1.82) is 0 Å². The average Bonchev–Trinajstić information content (AvgIpc) is 1.96. The standard InChI is InChI=1S/C7H15NO4S/c1-4-5(2)6(7(9)10)8-13(3,11)12/h5-6,8H,4H2,1-3H3,(H,9,10)/t5?,6-/m0/s1. The van der Waals surface area contributed by atoms with E-state index in [-0.39, 0.29) is 5.92 Å². The zero-order chi connectivity index (χ0) is 10.6. The molecule has 78 valence electrons. The highest BCUT2D eigenvalue weighted by Crippen LogP contribution is 2.08. The summed E-state index contributed by atoms with van der Waals surface area (Å²) in [6.07, 6.45) is 1.56. The molecule has 5 nitrogen and oxygen atoms in total. The molecule has 0 radical (unpaired) electrons. The number of carboxylic acid groups (broad SMARTS) is 1. The molecule has 0 saturated heterocycles. The molecule has 0 aromatic carbocycles. The molecular weight excluding hydrogens is 194 g/mol. The first-order chi connectivity index (χ1) is 5.78. The van der Waals surface area contributed by atoms with Crippen molar-refractivity contribution in [2.24, 2.45) is 5.92 Å². The van der Waals surface area contributed by atoms with Gasteiger partial charge in [0.2, 0.25) is 10.0 Å². The smallest absolute Gasteiger partial charge is 0.322 e. The monoisotopic (exact) mass is 209 g/mol. The lowest BCUT2D eigenvalue weighted by molar-refractivity contribution is -0.140. The van der Waals surface area contributed by atoms with Crippen LogP contribution in [0.15, 0.2) is 0 Å². The fraction of sp³-hybridized carbons (Fsp3) is 0.857. The molecule has 0 amide bonds. The summed E-state index contributed by atoms with van der Waals surface area (Å²) < 4.78 is 23.7. The van der Waals surface area contributed by atoms with E-state index in [1.807, 2.05) is 6.92 Å². The summed E-state index contributed by atoms with van der Waals surface area (Å²) in [5, 5.41) is 8.71. The Morgan fingerprint density at radius 2 is 2.00 bits per heavy atom. The molecule has 2 N–H and O–H groups in total. The molecule has 0 bridgehead atoms. The topological polar surface area (TPSA) is 83.5 Å². The summed E-state index contributed by atoms with van der Waals surface area (Å²) in [4.78, 5) is 10.7.